The van der Waals surface area contributed by atoms with E-state index in [1.165, 1.54) is 12.1 Å². The van der Waals surface area contributed by atoms with E-state index in [0.29, 0.717) is 29.7 Å². The number of aliphatic carboxylic acids is 2. The van der Waals surface area contributed by atoms with Crippen molar-refractivity contribution in [3.05, 3.63) is 47.3 Å². The van der Waals surface area contributed by atoms with Crippen LogP contribution in [0.1, 0.15) is 28.0 Å². The van der Waals surface area contributed by atoms with Crippen LogP contribution >= 0.6 is 0 Å². The van der Waals surface area contributed by atoms with Gasteiger partial charge in [0.05, 0.1) is 11.9 Å². The van der Waals surface area contributed by atoms with E-state index >= 15 is 0 Å². The number of aryl methyl sites for hydroxylation is 2. The summed E-state index contributed by atoms with van der Waals surface area (Å²) in [5.41, 5.74) is 13.7. The van der Waals surface area contributed by atoms with Gasteiger partial charge in [0.2, 0.25) is 11.7 Å². The SMILES string of the molecule is Nc1nc(N)c2nc(CCc3ccc(C(=O)NC(CC(=O)C(=O)O)C(=O)O)cc3)cnc2n1. The van der Waals surface area contributed by atoms with Gasteiger partial charge in [-0.25, -0.2) is 19.6 Å². The summed E-state index contributed by atoms with van der Waals surface area (Å²) in [6.45, 7) is 0. The van der Waals surface area contributed by atoms with Crippen LogP contribution in [0.25, 0.3) is 11.2 Å². The van der Waals surface area contributed by atoms with Gasteiger partial charge in [-0.2, -0.15) is 9.97 Å². The van der Waals surface area contributed by atoms with Crippen molar-refractivity contribution in [3.63, 3.8) is 0 Å². The Morgan fingerprint density at radius 3 is 2.30 bits per heavy atom. The zero-order valence-corrected chi connectivity index (χ0v) is 17.1. The molecule has 3 rings (SSSR count). The fraction of sp³-hybridized carbons (Fsp3) is 0.200. The van der Waals surface area contributed by atoms with Crippen LogP contribution in [0.2, 0.25) is 0 Å². The first-order valence-electron chi connectivity index (χ1n) is 9.57. The van der Waals surface area contributed by atoms with Crippen LogP contribution in [-0.2, 0) is 27.2 Å². The van der Waals surface area contributed by atoms with E-state index in [2.05, 4.69) is 25.3 Å². The Balaban J connectivity index is 1.63. The lowest BCUT2D eigenvalue weighted by Gasteiger charge is -2.13. The first kappa shape index (κ1) is 23.0. The Morgan fingerprint density at radius 2 is 1.67 bits per heavy atom. The van der Waals surface area contributed by atoms with Gasteiger partial charge in [-0.05, 0) is 30.5 Å². The van der Waals surface area contributed by atoms with Gasteiger partial charge in [0, 0.05) is 12.0 Å². The summed E-state index contributed by atoms with van der Waals surface area (Å²) in [7, 11) is 0. The number of carbonyl (C=O) groups excluding carboxylic acids is 2. The summed E-state index contributed by atoms with van der Waals surface area (Å²) in [4.78, 5) is 61.8. The molecule has 0 saturated heterocycles. The van der Waals surface area contributed by atoms with Crippen LogP contribution in [0.3, 0.4) is 0 Å². The third kappa shape index (κ3) is 5.72. The predicted molar refractivity (Wildman–Crippen MR) is 114 cm³/mol. The van der Waals surface area contributed by atoms with Crippen LogP contribution in [0.4, 0.5) is 11.8 Å². The van der Waals surface area contributed by atoms with Crippen molar-refractivity contribution in [2.24, 2.45) is 0 Å². The molecule has 13 nitrogen and oxygen atoms in total. The molecule has 0 bridgehead atoms. The molecule has 7 N–H and O–H groups in total. The Labute approximate surface area is 185 Å². The van der Waals surface area contributed by atoms with Gasteiger partial charge in [0.15, 0.2) is 17.0 Å². The number of carbonyl (C=O) groups is 4. The number of benzene rings is 1. The average molecular weight is 453 g/mol. The second-order valence-corrected chi connectivity index (χ2v) is 6.99. The molecule has 3 aromatic rings. The molecular formula is C20H19N7O6. The second-order valence-electron chi connectivity index (χ2n) is 6.99. The second kappa shape index (κ2) is 9.64. The minimum absolute atomic E-state index is 0.00865. The number of rotatable bonds is 9. The molecule has 0 fully saturated rings. The number of amides is 1. The van der Waals surface area contributed by atoms with Gasteiger partial charge in [-0.1, -0.05) is 12.1 Å². The number of ketones is 1. The molecule has 170 valence electrons. The summed E-state index contributed by atoms with van der Waals surface area (Å²) in [6.07, 6.45) is 1.77. The van der Waals surface area contributed by atoms with Crippen molar-refractivity contribution >= 4 is 46.6 Å². The maximum Gasteiger partial charge on any atom is 0.372 e. The molecule has 1 atom stereocenters. The Morgan fingerprint density at radius 1 is 0.970 bits per heavy atom. The zero-order chi connectivity index (χ0) is 24.1. The lowest BCUT2D eigenvalue weighted by molar-refractivity contribution is -0.150. The Bertz CT molecular complexity index is 1250. The summed E-state index contributed by atoms with van der Waals surface area (Å²) >= 11 is 0. The number of hydrogen-bond donors (Lipinski definition) is 5. The molecule has 0 spiro atoms. The molecule has 0 aliphatic rings. The van der Waals surface area contributed by atoms with Crippen molar-refractivity contribution in [1.82, 2.24) is 25.3 Å². The molecule has 2 aromatic heterocycles. The number of nitrogens with zero attached hydrogens (tertiary/aromatic N) is 4. The smallest absolute Gasteiger partial charge is 0.372 e. The number of nitrogens with two attached hydrogens (primary N) is 2. The van der Waals surface area contributed by atoms with Gasteiger partial charge in [0.1, 0.15) is 6.04 Å². The van der Waals surface area contributed by atoms with Crippen LogP contribution in [0.15, 0.2) is 30.5 Å². The largest absolute Gasteiger partial charge is 0.480 e. The average Bonchev–Trinajstić information content (AvgIpc) is 2.77. The number of fused-ring (bicyclic) bond motifs is 1. The topological polar surface area (TPSA) is 224 Å². The molecule has 1 unspecified atom stereocenters. The predicted octanol–water partition coefficient (Wildman–Crippen LogP) is -0.404. The zero-order valence-electron chi connectivity index (χ0n) is 17.1. The quantitative estimate of drug-likeness (QED) is 0.261. The van der Waals surface area contributed by atoms with Gasteiger partial charge in [-0.15, -0.1) is 0 Å². The van der Waals surface area contributed by atoms with Crippen LogP contribution in [0, 0.1) is 0 Å². The summed E-state index contributed by atoms with van der Waals surface area (Å²) in [5, 5.41) is 19.9. The van der Waals surface area contributed by atoms with Crippen molar-refractivity contribution < 1.29 is 29.4 Å². The van der Waals surface area contributed by atoms with E-state index in [-0.39, 0.29) is 17.3 Å². The summed E-state index contributed by atoms with van der Waals surface area (Å²) in [5.74, 6) is -5.20. The minimum atomic E-state index is -1.77. The lowest BCUT2D eigenvalue weighted by atomic mass is 10.0. The molecular weight excluding hydrogens is 434 g/mol. The number of Topliss-reactive ketones (excluding diaryl/α,β-unsaturated/α-hetero) is 1. The summed E-state index contributed by atoms with van der Waals surface area (Å²) in [6, 6.07) is 4.69. The van der Waals surface area contributed by atoms with Crippen LogP contribution in [-0.4, -0.2) is 59.8 Å². The number of carboxylic acid groups (broad SMARTS) is 2. The first-order chi connectivity index (χ1) is 15.6. The van der Waals surface area contributed by atoms with E-state index < -0.39 is 36.1 Å². The highest BCUT2D eigenvalue weighted by Gasteiger charge is 2.26. The van der Waals surface area contributed by atoms with E-state index in [1.807, 2.05) is 0 Å². The molecule has 0 aliphatic heterocycles. The van der Waals surface area contributed by atoms with Crippen molar-refractivity contribution in [3.8, 4) is 0 Å². The number of anilines is 2. The van der Waals surface area contributed by atoms with Gasteiger partial charge < -0.3 is 27.0 Å². The molecule has 0 radical (unpaired) electrons. The van der Waals surface area contributed by atoms with E-state index in [9.17, 15) is 19.2 Å². The van der Waals surface area contributed by atoms with E-state index in [0.717, 1.165) is 5.56 Å². The Kier molecular flexibility index (Phi) is 6.71. The third-order valence-corrected chi connectivity index (χ3v) is 4.62. The first-order valence-corrected chi connectivity index (χ1v) is 9.57. The number of nitrogen functional groups attached to an aromatic ring is 2. The van der Waals surface area contributed by atoms with Gasteiger partial charge in [0.25, 0.3) is 5.91 Å². The maximum atomic E-state index is 12.3. The number of carboxylic acids is 2. The minimum Gasteiger partial charge on any atom is -0.480 e. The third-order valence-electron chi connectivity index (χ3n) is 4.62. The van der Waals surface area contributed by atoms with Crippen molar-refractivity contribution in [1.29, 1.82) is 0 Å². The number of aromatic nitrogens is 4. The molecule has 0 saturated carbocycles. The Hall–Kier alpha value is -4.68. The van der Waals surface area contributed by atoms with Crippen LogP contribution < -0.4 is 16.8 Å². The fourth-order valence-electron chi connectivity index (χ4n) is 2.91. The van der Waals surface area contributed by atoms with Crippen LogP contribution in [0.5, 0.6) is 0 Å². The number of nitrogens with one attached hydrogen (secondary N) is 1. The van der Waals surface area contributed by atoms with Gasteiger partial charge in [-0.3, -0.25) is 9.59 Å². The fourth-order valence-corrected chi connectivity index (χ4v) is 2.91. The molecule has 2 heterocycles. The molecule has 33 heavy (non-hydrogen) atoms. The van der Waals surface area contributed by atoms with Crippen molar-refractivity contribution in [2.75, 3.05) is 11.5 Å². The molecule has 13 heteroatoms. The van der Waals surface area contributed by atoms with Crippen molar-refractivity contribution in [2.45, 2.75) is 25.3 Å². The monoisotopic (exact) mass is 453 g/mol. The lowest BCUT2D eigenvalue weighted by Crippen LogP contribution is -2.43. The highest BCUT2D eigenvalue weighted by atomic mass is 16.4. The van der Waals surface area contributed by atoms with E-state index in [4.69, 9.17) is 21.7 Å². The highest BCUT2D eigenvalue weighted by Crippen LogP contribution is 2.16. The summed E-state index contributed by atoms with van der Waals surface area (Å²) < 4.78 is 0. The normalized spacial score (nSPS) is 11.6. The maximum absolute atomic E-state index is 12.3. The standard InChI is InChI=1S/C20H19N7O6/c21-15-14-16(27-20(22)26-15)23-8-11(24-14)6-3-9-1-4-10(5-2-9)17(29)25-12(18(30)31)7-13(28)19(32)33/h1-2,4-5,8,12H,3,6-7H2,(H,25,29)(H,30,31)(H,32,33)(H4,21,22,23,26,27). The van der Waals surface area contributed by atoms with Gasteiger partial charge >= 0.3 is 11.9 Å². The van der Waals surface area contributed by atoms with E-state index in [1.54, 1.807) is 18.3 Å². The molecule has 1 aromatic carbocycles. The highest BCUT2D eigenvalue weighted by molar-refractivity contribution is 6.33. The molecule has 0 aliphatic carbocycles. The number of hydrogen-bond acceptors (Lipinski definition) is 10. The molecule has 1 amide bonds.